The average Bonchev–Trinajstić information content (AvgIpc) is 2.93. The van der Waals surface area contributed by atoms with Crippen LogP contribution in [0.15, 0.2) is 60.7 Å². The molecule has 1 fully saturated rings. The summed E-state index contributed by atoms with van der Waals surface area (Å²) in [4.78, 5) is 0. The van der Waals surface area contributed by atoms with Gasteiger partial charge in [0.15, 0.2) is 0 Å². The van der Waals surface area contributed by atoms with Crippen molar-refractivity contribution in [1.29, 1.82) is 0 Å². The van der Waals surface area contributed by atoms with E-state index in [0.717, 1.165) is 11.1 Å². The van der Waals surface area contributed by atoms with E-state index in [9.17, 15) is 14.6 Å². The minimum atomic E-state index is -2.80. The van der Waals surface area contributed by atoms with Crippen molar-refractivity contribution in [2.75, 3.05) is 20.3 Å². The summed E-state index contributed by atoms with van der Waals surface area (Å²) in [5, 5.41) is 20.6. The van der Waals surface area contributed by atoms with E-state index in [4.69, 9.17) is 17.3 Å². The molecule has 0 amide bonds. The van der Waals surface area contributed by atoms with E-state index in [-0.39, 0.29) is 13.2 Å². The molecule has 0 spiro atoms. The van der Waals surface area contributed by atoms with Gasteiger partial charge in [-0.2, -0.15) is 0 Å². The number of hydrogen-bond acceptors (Lipinski definition) is 6. The molecule has 0 aromatic heterocycles. The molecule has 1 aliphatic heterocycles. The van der Waals surface area contributed by atoms with E-state index >= 15 is 0 Å². The molecule has 30 heavy (non-hydrogen) atoms. The third kappa shape index (κ3) is 6.19. The van der Waals surface area contributed by atoms with Crippen LogP contribution in [0.25, 0.3) is 0 Å². The first-order valence-electron chi connectivity index (χ1n) is 9.71. The van der Waals surface area contributed by atoms with Gasteiger partial charge in [0.05, 0.1) is 0 Å². The van der Waals surface area contributed by atoms with Gasteiger partial charge >= 0.3 is 184 Å². The number of rotatable bonds is 9. The Labute approximate surface area is 183 Å². The van der Waals surface area contributed by atoms with Crippen molar-refractivity contribution in [3.8, 4) is 0 Å². The Hall–Kier alpha value is -1.14. The topological polar surface area (TPSA) is 77.4 Å². The number of halogens is 2. The molecule has 5 atom stereocenters. The quantitative estimate of drug-likeness (QED) is 0.380. The number of benzene rings is 2. The van der Waals surface area contributed by atoms with Crippen LogP contribution in [0.4, 0.5) is 4.39 Å². The number of alkyl halides is 3. The van der Waals surface area contributed by atoms with Crippen molar-refractivity contribution in [1.82, 2.24) is 0 Å². The van der Waals surface area contributed by atoms with Gasteiger partial charge in [-0.15, -0.1) is 0 Å². The minimum absolute atomic E-state index is 0.0422. The second-order valence-electron chi connectivity index (χ2n) is 6.88. The van der Waals surface area contributed by atoms with Crippen molar-refractivity contribution in [2.45, 2.75) is 33.9 Å². The third-order valence-electron chi connectivity index (χ3n) is 4.81. The zero-order valence-electron chi connectivity index (χ0n) is 16.8. The molecule has 1 heterocycles. The molecule has 2 unspecified atom stereocenters. The Kier molecular flexibility index (Phi) is 9.44. The van der Waals surface area contributed by atoms with Crippen LogP contribution in [-0.2, 0) is 30.5 Å². The van der Waals surface area contributed by atoms with Crippen molar-refractivity contribution in [3.05, 3.63) is 71.8 Å². The third-order valence-corrected chi connectivity index (χ3v) is 9.68. The number of ether oxygens (including phenoxy) is 3. The van der Waals surface area contributed by atoms with Gasteiger partial charge in [-0.3, -0.25) is 0 Å². The van der Waals surface area contributed by atoms with E-state index in [1.165, 1.54) is 7.11 Å². The zero-order valence-corrected chi connectivity index (χ0v) is 18.9. The maximum atomic E-state index is 14.6. The summed E-state index contributed by atoms with van der Waals surface area (Å²) >= 11 is -2.80. The van der Waals surface area contributed by atoms with E-state index < -0.39 is 53.4 Å². The van der Waals surface area contributed by atoms with Gasteiger partial charge in [0.1, 0.15) is 0 Å². The Bertz CT molecular complexity index is 737. The van der Waals surface area contributed by atoms with Crippen molar-refractivity contribution < 1.29 is 31.9 Å². The van der Waals surface area contributed by atoms with E-state index in [0.29, 0.717) is 6.61 Å². The first-order chi connectivity index (χ1) is 14.6. The number of hydrogen-bond donors (Lipinski definition) is 2. The summed E-state index contributed by atoms with van der Waals surface area (Å²) in [7, 11) is 1.48. The average molecular weight is 534 g/mol. The van der Waals surface area contributed by atoms with Crippen LogP contribution < -0.4 is 0 Å². The molecule has 3 rings (SSSR count). The second kappa shape index (κ2) is 12.0. The fourth-order valence-electron chi connectivity index (χ4n) is 3.16. The van der Waals surface area contributed by atoms with Crippen LogP contribution in [0, 0.1) is 5.92 Å². The second-order valence-corrected chi connectivity index (χ2v) is 11.5. The standard InChI is InChI=1S/C22H28FIO6/c1-27-22-24(30-14-17-10-6-3-7-11-17)21(26)20(18(15-29-22)19(23)12-25)28-13-16-8-4-2-5-9-16/h2-11,18-22,25-26H,12-15H2,1H3/t18?,19-,20+,21?,22-/m0/s1. The van der Waals surface area contributed by atoms with Crippen LogP contribution in [0.1, 0.15) is 11.1 Å². The first kappa shape index (κ1) is 23.5. The molecule has 2 aromatic carbocycles. The summed E-state index contributed by atoms with van der Waals surface area (Å²) in [5.74, 6) is -0.839. The summed E-state index contributed by atoms with van der Waals surface area (Å²) in [6.45, 7) is -0.221. The van der Waals surface area contributed by atoms with Crippen molar-refractivity contribution in [2.24, 2.45) is 5.92 Å². The van der Waals surface area contributed by atoms with Crippen LogP contribution in [-0.4, -0.2) is 51.2 Å². The Balaban J connectivity index is 1.78. The Morgan fingerprint density at radius 2 is 1.67 bits per heavy atom. The zero-order chi connectivity index (χ0) is 21.3. The van der Waals surface area contributed by atoms with Crippen molar-refractivity contribution >= 4 is 20.2 Å². The van der Waals surface area contributed by atoms with E-state index in [2.05, 4.69) is 0 Å². The van der Waals surface area contributed by atoms with Gasteiger partial charge in [0, 0.05) is 0 Å². The molecular weight excluding hydrogens is 506 g/mol. The normalized spacial score (nSPS) is 26.9. The molecule has 6 nitrogen and oxygen atoms in total. The van der Waals surface area contributed by atoms with Gasteiger partial charge in [-0.25, -0.2) is 0 Å². The number of aliphatic hydroxyl groups is 2. The van der Waals surface area contributed by atoms with E-state index in [1.807, 2.05) is 60.7 Å². The van der Waals surface area contributed by atoms with Gasteiger partial charge in [0.25, 0.3) is 0 Å². The van der Waals surface area contributed by atoms with Crippen LogP contribution in [0.3, 0.4) is 0 Å². The molecule has 2 aromatic rings. The predicted molar refractivity (Wildman–Crippen MR) is 118 cm³/mol. The fraction of sp³-hybridized carbons (Fsp3) is 0.455. The summed E-state index contributed by atoms with van der Waals surface area (Å²) in [6.07, 6.45) is -2.48. The van der Waals surface area contributed by atoms with Crippen molar-refractivity contribution in [3.63, 3.8) is 0 Å². The Morgan fingerprint density at radius 1 is 1.07 bits per heavy atom. The maximum absolute atomic E-state index is 14.6. The van der Waals surface area contributed by atoms with Gasteiger partial charge < -0.3 is 0 Å². The molecule has 0 bridgehead atoms. The number of aliphatic hydroxyl groups excluding tert-OH is 2. The SMILES string of the molecule is CO[C@H]1OCC([C@@H](F)CO)[C@@H](OCc2ccccc2)C(O)I1OCc1ccccc1. The number of methoxy groups -OCH3 is 1. The molecule has 1 saturated heterocycles. The summed E-state index contributed by atoms with van der Waals surface area (Å²) in [5.41, 5.74) is 1.86. The van der Waals surface area contributed by atoms with Crippen LogP contribution in [0.2, 0.25) is 0 Å². The molecule has 0 saturated carbocycles. The molecular formula is C22H28FIO6. The molecule has 0 aliphatic carbocycles. The molecule has 166 valence electrons. The predicted octanol–water partition coefficient (Wildman–Crippen LogP) is 3.44. The first-order valence-corrected chi connectivity index (χ1v) is 13.1. The molecule has 8 heteroatoms. The van der Waals surface area contributed by atoms with Crippen LogP contribution >= 0.6 is 20.2 Å². The monoisotopic (exact) mass is 534 g/mol. The Morgan fingerprint density at radius 3 is 2.23 bits per heavy atom. The summed E-state index contributed by atoms with van der Waals surface area (Å²) < 4.78 is 36.1. The molecule has 2 N–H and O–H groups in total. The van der Waals surface area contributed by atoms with Gasteiger partial charge in [-0.05, 0) is 0 Å². The molecule has 0 radical (unpaired) electrons. The van der Waals surface area contributed by atoms with E-state index in [1.54, 1.807) is 0 Å². The summed E-state index contributed by atoms with van der Waals surface area (Å²) in [6, 6.07) is 19.1. The molecule has 1 aliphatic rings. The van der Waals surface area contributed by atoms with Crippen LogP contribution in [0.5, 0.6) is 0 Å². The van der Waals surface area contributed by atoms with Gasteiger partial charge in [-0.1, -0.05) is 0 Å². The van der Waals surface area contributed by atoms with Gasteiger partial charge in [0.2, 0.25) is 0 Å². The fourth-order valence-corrected chi connectivity index (χ4v) is 7.65.